The number of rotatable bonds is 5. The Morgan fingerprint density at radius 1 is 1.37 bits per heavy atom. The van der Waals surface area contributed by atoms with Gasteiger partial charge in [0.05, 0.1) is 25.2 Å². The fourth-order valence-electron chi connectivity index (χ4n) is 1.29. The summed E-state index contributed by atoms with van der Waals surface area (Å²) in [5.41, 5.74) is 1.39. The first-order chi connectivity index (χ1) is 9.15. The monoisotopic (exact) mass is 258 g/mol. The Morgan fingerprint density at radius 2 is 2.05 bits per heavy atom. The van der Waals surface area contributed by atoms with Crippen LogP contribution in [0, 0.1) is 11.3 Å². The maximum Gasteiger partial charge on any atom is 0.307 e. The van der Waals surface area contributed by atoms with E-state index < -0.39 is 0 Å². The van der Waals surface area contributed by atoms with Crippen LogP contribution in [0.2, 0.25) is 0 Å². The fraction of sp³-hybridized carbons (Fsp3) is 0.214. The van der Waals surface area contributed by atoms with Gasteiger partial charge in [-0.15, -0.1) is 0 Å². The topological polar surface area (TPSA) is 79.2 Å². The normalized spacial score (nSPS) is 9.89. The lowest BCUT2D eigenvalue weighted by molar-refractivity contribution is -0.140. The average molecular weight is 258 g/mol. The van der Waals surface area contributed by atoms with Crippen LogP contribution in [0.3, 0.4) is 0 Å². The molecule has 0 unspecified atom stereocenters. The molecule has 1 amide bonds. The zero-order chi connectivity index (χ0) is 14.1. The summed E-state index contributed by atoms with van der Waals surface area (Å²) in [5.74, 6) is -0.648. The van der Waals surface area contributed by atoms with Gasteiger partial charge < -0.3 is 10.1 Å². The number of nitriles is 1. The third-order valence-corrected chi connectivity index (χ3v) is 2.32. The van der Waals surface area contributed by atoms with Gasteiger partial charge in [0.1, 0.15) is 0 Å². The van der Waals surface area contributed by atoms with Crippen LogP contribution in [-0.2, 0) is 14.3 Å². The molecule has 19 heavy (non-hydrogen) atoms. The number of benzene rings is 1. The van der Waals surface area contributed by atoms with Crippen LogP contribution in [0.15, 0.2) is 30.3 Å². The van der Waals surface area contributed by atoms with Gasteiger partial charge >= 0.3 is 5.97 Å². The third-order valence-electron chi connectivity index (χ3n) is 2.32. The summed E-state index contributed by atoms with van der Waals surface area (Å²) in [5, 5.41) is 11.2. The summed E-state index contributed by atoms with van der Waals surface area (Å²) in [6.07, 6.45) is 3.15. The number of nitrogens with one attached hydrogen (secondary N) is 1. The summed E-state index contributed by atoms with van der Waals surface area (Å²) in [7, 11) is 1.30. The SMILES string of the molecule is COC(=O)CCNC(=O)/C=C/c1ccc(C#N)cc1. The molecule has 1 N–H and O–H groups in total. The number of hydrogen-bond acceptors (Lipinski definition) is 4. The molecular formula is C14H14N2O3. The summed E-state index contributed by atoms with van der Waals surface area (Å²) < 4.78 is 4.45. The molecule has 0 fully saturated rings. The molecule has 5 nitrogen and oxygen atoms in total. The molecule has 5 heteroatoms. The first kappa shape index (κ1) is 14.5. The highest BCUT2D eigenvalue weighted by Crippen LogP contribution is 2.04. The van der Waals surface area contributed by atoms with Crippen molar-refractivity contribution < 1.29 is 14.3 Å². The lowest BCUT2D eigenvalue weighted by Crippen LogP contribution is -2.24. The van der Waals surface area contributed by atoms with Gasteiger partial charge in [-0.3, -0.25) is 9.59 Å². The zero-order valence-electron chi connectivity index (χ0n) is 10.6. The van der Waals surface area contributed by atoms with E-state index in [0.29, 0.717) is 5.56 Å². The average Bonchev–Trinajstić information content (AvgIpc) is 2.45. The fourth-order valence-corrected chi connectivity index (χ4v) is 1.29. The largest absolute Gasteiger partial charge is 0.469 e. The predicted octanol–water partition coefficient (Wildman–Crippen LogP) is 1.25. The predicted molar refractivity (Wildman–Crippen MR) is 69.8 cm³/mol. The summed E-state index contributed by atoms with van der Waals surface area (Å²) in [6.45, 7) is 0.239. The lowest BCUT2D eigenvalue weighted by Gasteiger charge is -2.00. The first-order valence-corrected chi connectivity index (χ1v) is 5.68. The van der Waals surface area contributed by atoms with E-state index in [1.54, 1.807) is 30.3 Å². The van der Waals surface area contributed by atoms with Gasteiger partial charge in [-0.2, -0.15) is 5.26 Å². The maximum atomic E-state index is 11.4. The molecule has 1 rings (SSSR count). The van der Waals surface area contributed by atoms with Crippen LogP contribution < -0.4 is 5.32 Å². The number of nitrogens with zero attached hydrogens (tertiary/aromatic N) is 1. The van der Waals surface area contributed by atoms with Gasteiger partial charge in [-0.05, 0) is 23.8 Å². The molecule has 0 heterocycles. The van der Waals surface area contributed by atoms with Crippen LogP contribution in [0.4, 0.5) is 0 Å². The van der Waals surface area contributed by atoms with Crippen molar-refractivity contribution in [2.24, 2.45) is 0 Å². The highest BCUT2D eigenvalue weighted by molar-refractivity contribution is 5.91. The van der Waals surface area contributed by atoms with E-state index in [-0.39, 0.29) is 24.8 Å². The highest BCUT2D eigenvalue weighted by atomic mass is 16.5. The number of carbonyl (C=O) groups is 2. The number of carbonyl (C=O) groups excluding carboxylic acids is 2. The Bertz CT molecular complexity index is 512. The van der Waals surface area contributed by atoms with Gasteiger partial charge in [0, 0.05) is 12.6 Å². The van der Waals surface area contributed by atoms with Gasteiger partial charge in [0.2, 0.25) is 5.91 Å². The van der Waals surface area contributed by atoms with Crippen molar-refractivity contribution in [3.63, 3.8) is 0 Å². The van der Waals surface area contributed by atoms with E-state index in [2.05, 4.69) is 10.1 Å². The Balaban J connectivity index is 2.41. The molecule has 0 aliphatic heterocycles. The first-order valence-electron chi connectivity index (χ1n) is 5.68. The van der Waals surface area contributed by atoms with Gasteiger partial charge in [0.25, 0.3) is 0 Å². The van der Waals surface area contributed by atoms with Crippen molar-refractivity contribution in [1.82, 2.24) is 5.32 Å². The van der Waals surface area contributed by atoms with Crippen LogP contribution >= 0.6 is 0 Å². The van der Waals surface area contributed by atoms with Crippen molar-refractivity contribution >= 4 is 18.0 Å². The van der Waals surface area contributed by atoms with E-state index in [9.17, 15) is 9.59 Å². The van der Waals surface area contributed by atoms with Crippen molar-refractivity contribution in [1.29, 1.82) is 5.26 Å². The van der Waals surface area contributed by atoms with Crippen LogP contribution in [-0.4, -0.2) is 25.5 Å². The second-order valence-corrected chi connectivity index (χ2v) is 3.68. The molecule has 0 aliphatic rings. The van der Waals surface area contributed by atoms with Crippen LogP contribution in [0.5, 0.6) is 0 Å². The zero-order valence-corrected chi connectivity index (χ0v) is 10.6. The standard InChI is InChI=1S/C14H14N2O3/c1-19-14(18)8-9-16-13(17)7-6-11-2-4-12(10-15)5-3-11/h2-7H,8-9H2,1H3,(H,16,17)/b7-6+. The van der Waals surface area contributed by atoms with Crippen molar-refractivity contribution in [3.8, 4) is 6.07 Å². The second kappa shape index (κ2) is 7.67. The quantitative estimate of drug-likeness (QED) is 0.636. The molecule has 98 valence electrons. The number of ether oxygens (including phenoxy) is 1. The van der Waals surface area contributed by atoms with E-state index in [4.69, 9.17) is 5.26 Å². The molecule has 0 spiro atoms. The molecule has 0 saturated carbocycles. The maximum absolute atomic E-state index is 11.4. The summed E-state index contributed by atoms with van der Waals surface area (Å²) >= 11 is 0. The van der Waals surface area contributed by atoms with E-state index in [1.807, 2.05) is 6.07 Å². The van der Waals surface area contributed by atoms with E-state index in [0.717, 1.165) is 5.56 Å². The van der Waals surface area contributed by atoms with Crippen molar-refractivity contribution in [2.45, 2.75) is 6.42 Å². The molecule has 0 bridgehead atoms. The van der Waals surface area contributed by atoms with Crippen molar-refractivity contribution in [2.75, 3.05) is 13.7 Å². The third kappa shape index (κ3) is 5.50. The van der Waals surface area contributed by atoms with Crippen LogP contribution in [0.25, 0.3) is 6.08 Å². The number of esters is 1. The minimum Gasteiger partial charge on any atom is -0.469 e. The number of hydrogen-bond donors (Lipinski definition) is 1. The molecule has 0 aromatic heterocycles. The Kier molecular flexibility index (Phi) is 5.83. The van der Waals surface area contributed by atoms with Crippen molar-refractivity contribution in [3.05, 3.63) is 41.5 Å². The molecule has 0 aliphatic carbocycles. The molecular weight excluding hydrogens is 244 g/mol. The van der Waals surface area contributed by atoms with Gasteiger partial charge in [-0.1, -0.05) is 12.1 Å². The Morgan fingerprint density at radius 3 is 2.63 bits per heavy atom. The van der Waals surface area contributed by atoms with E-state index in [1.165, 1.54) is 13.2 Å². The number of methoxy groups -OCH3 is 1. The molecule has 0 atom stereocenters. The molecule has 1 aromatic carbocycles. The van der Waals surface area contributed by atoms with Gasteiger partial charge in [0.15, 0.2) is 0 Å². The van der Waals surface area contributed by atoms with Gasteiger partial charge in [-0.25, -0.2) is 0 Å². The van der Waals surface area contributed by atoms with E-state index >= 15 is 0 Å². The molecule has 0 saturated heterocycles. The minimum atomic E-state index is -0.364. The van der Waals surface area contributed by atoms with Crippen LogP contribution in [0.1, 0.15) is 17.5 Å². The highest BCUT2D eigenvalue weighted by Gasteiger charge is 2.00. The minimum absolute atomic E-state index is 0.146. The smallest absolute Gasteiger partial charge is 0.307 e. The summed E-state index contributed by atoms with van der Waals surface area (Å²) in [4.78, 5) is 22.2. The summed E-state index contributed by atoms with van der Waals surface area (Å²) in [6, 6.07) is 8.86. The Labute approximate surface area is 111 Å². The Hall–Kier alpha value is -2.61. The molecule has 0 radical (unpaired) electrons. The molecule has 1 aromatic rings. The second-order valence-electron chi connectivity index (χ2n) is 3.68. The number of amides is 1. The lowest BCUT2D eigenvalue weighted by atomic mass is 10.1.